The fourth-order valence-corrected chi connectivity index (χ4v) is 2.90. The molecule has 0 aromatic heterocycles. The second-order valence-electron chi connectivity index (χ2n) is 5.01. The van der Waals surface area contributed by atoms with E-state index in [9.17, 15) is 5.11 Å². The normalized spacial score (nSPS) is 29.3. The number of aliphatic hydroxyl groups is 1. The van der Waals surface area contributed by atoms with E-state index in [1.807, 2.05) is 12.1 Å². The summed E-state index contributed by atoms with van der Waals surface area (Å²) in [7, 11) is 0. The summed E-state index contributed by atoms with van der Waals surface area (Å²) in [5.74, 6) is 0. The second kappa shape index (κ2) is 5.15. The molecule has 4 heteroatoms. The van der Waals surface area contributed by atoms with Gasteiger partial charge in [-0.1, -0.05) is 29.3 Å². The van der Waals surface area contributed by atoms with Crippen LogP contribution in [0.5, 0.6) is 0 Å². The largest absolute Gasteiger partial charge is 0.389 e. The lowest BCUT2D eigenvalue weighted by atomic mass is 9.78. The third-order valence-corrected chi connectivity index (χ3v) is 4.12. The van der Waals surface area contributed by atoms with E-state index in [1.165, 1.54) is 0 Å². The Morgan fingerprint density at radius 2 is 2.12 bits per heavy atom. The van der Waals surface area contributed by atoms with Crippen LogP contribution in [0.3, 0.4) is 0 Å². The van der Waals surface area contributed by atoms with Crippen LogP contribution in [0.4, 0.5) is 0 Å². The zero-order valence-electron chi connectivity index (χ0n) is 9.63. The van der Waals surface area contributed by atoms with Gasteiger partial charge in [-0.3, -0.25) is 0 Å². The SMILES string of the molecule is NC1CCCC(O)(Cc2ccc(Cl)c(Cl)c2)C1. The molecule has 0 bridgehead atoms. The zero-order chi connectivity index (χ0) is 12.5. The molecule has 1 aromatic rings. The molecule has 1 saturated carbocycles. The molecule has 17 heavy (non-hydrogen) atoms. The van der Waals surface area contributed by atoms with Gasteiger partial charge in [0.2, 0.25) is 0 Å². The highest BCUT2D eigenvalue weighted by Gasteiger charge is 2.32. The zero-order valence-corrected chi connectivity index (χ0v) is 11.1. The van der Waals surface area contributed by atoms with Crippen molar-refractivity contribution in [2.45, 2.75) is 43.7 Å². The molecule has 1 aliphatic carbocycles. The van der Waals surface area contributed by atoms with Gasteiger partial charge < -0.3 is 10.8 Å². The number of rotatable bonds is 2. The van der Waals surface area contributed by atoms with Crippen molar-refractivity contribution in [3.8, 4) is 0 Å². The Labute approximate surface area is 112 Å². The van der Waals surface area contributed by atoms with Crippen molar-refractivity contribution in [1.82, 2.24) is 0 Å². The highest BCUT2D eigenvalue weighted by molar-refractivity contribution is 6.42. The highest BCUT2D eigenvalue weighted by atomic mass is 35.5. The summed E-state index contributed by atoms with van der Waals surface area (Å²) in [6, 6.07) is 5.61. The summed E-state index contributed by atoms with van der Waals surface area (Å²) < 4.78 is 0. The smallest absolute Gasteiger partial charge is 0.0702 e. The van der Waals surface area contributed by atoms with E-state index in [1.54, 1.807) is 6.07 Å². The van der Waals surface area contributed by atoms with Crippen molar-refractivity contribution in [3.05, 3.63) is 33.8 Å². The molecule has 2 unspecified atom stereocenters. The minimum atomic E-state index is -0.686. The van der Waals surface area contributed by atoms with Crippen molar-refractivity contribution < 1.29 is 5.11 Å². The quantitative estimate of drug-likeness (QED) is 0.870. The summed E-state index contributed by atoms with van der Waals surface area (Å²) in [5, 5.41) is 11.6. The third-order valence-electron chi connectivity index (χ3n) is 3.38. The van der Waals surface area contributed by atoms with Gasteiger partial charge in [0.15, 0.2) is 0 Å². The number of halogens is 2. The minimum absolute atomic E-state index is 0.108. The van der Waals surface area contributed by atoms with E-state index in [0.29, 0.717) is 22.9 Å². The number of nitrogens with two attached hydrogens (primary N) is 1. The predicted molar refractivity (Wildman–Crippen MR) is 71.6 cm³/mol. The van der Waals surface area contributed by atoms with Gasteiger partial charge in [0.1, 0.15) is 0 Å². The van der Waals surface area contributed by atoms with E-state index >= 15 is 0 Å². The Morgan fingerprint density at radius 3 is 2.76 bits per heavy atom. The van der Waals surface area contributed by atoms with Crippen LogP contribution in [0, 0.1) is 0 Å². The van der Waals surface area contributed by atoms with Gasteiger partial charge >= 0.3 is 0 Å². The molecule has 0 heterocycles. The Morgan fingerprint density at radius 1 is 1.35 bits per heavy atom. The Balaban J connectivity index is 2.11. The maximum absolute atomic E-state index is 10.5. The van der Waals surface area contributed by atoms with E-state index < -0.39 is 5.60 Å². The fourth-order valence-electron chi connectivity index (χ4n) is 2.58. The molecule has 3 N–H and O–H groups in total. The van der Waals surface area contributed by atoms with Gasteiger partial charge in [0, 0.05) is 12.5 Å². The molecule has 0 spiro atoms. The first-order chi connectivity index (χ1) is 7.98. The molecule has 0 aliphatic heterocycles. The summed E-state index contributed by atoms with van der Waals surface area (Å²) in [6.45, 7) is 0. The van der Waals surface area contributed by atoms with E-state index in [-0.39, 0.29) is 6.04 Å². The first-order valence-corrected chi connectivity index (χ1v) is 6.66. The summed E-state index contributed by atoms with van der Waals surface area (Å²) in [4.78, 5) is 0. The molecule has 94 valence electrons. The maximum Gasteiger partial charge on any atom is 0.0702 e. The summed E-state index contributed by atoms with van der Waals surface area (Å²) in [5.41, 5.74) is 6.24. The fraction of sp³-hybridized carbons (Fsp3) is 0.538. The van der Waals surface area contributed by atoms with E-state index in [0.717, 1.165) is 24.8 Å². The summed E-state index contributed by atoms with van der Waals surface area (Å²) >= 11 is 11.8. The Hall–Kier alpha value is -0.280. The van der Waals surface area contributed by atoms with Crippen molar-refractivity contribution in [2.24, 2.45) is 5.73 Å². The molecular formula is C13H17Cl2NO. The molecule has 2 nitrogen and oxygen atoms in total. The third kappa shape index (κ3) is 3.35. The average molecular weight is 274 g/mol. The highest BCUT2D eigenvalue weighted by Crippen LogP contribution is 2.32. The van der Waals surface area contributed by atoms with Crippen LogP contribution >= 0.6 is 23.2 Å². The lowest BCUT2D eigenvalue weighted by Gasteiger charge is -2.35. The molecule has 1 aliphatic rings. The Kier molecular flexibility index (Phi) is 3.99. The van der Waals surface area contributed by atoms with Crippen LogP contribution in [-0.2, 0) is 6.42 Å². The molecule has 2 rings (SSSR count). The van der Waals surface area contributed by atoms with Crippen LogP contribution in [0.25, 0.3) is 0 Å². The number of hydrogen-bond donors (Lipinski definition) is 2. The molecule has 0 saturated heterocycles. The van der Waals surface area contributed by atoms with Gasteiger partial charge in [-0.15, -0.1) is 0 Å². The predicted octanol–water partition coefficient (Wildman–Crippen LogP) is 3.17. The first-order valence-electron chi connectivity index (χ1n) is 5.90. The van der Waals surface area contributed by atoms with Crippen molar-refractivity contribution in [3.63, 3.8) is 0 Å². The standard InChI is InChI=1S/C13H17Cl2NO/c14-11-4-3-9(6-12(11)15)7-13(17)5-1-2-10(16)8-13/h3-4,6,10,17H,1-2,5,7-8,16H2. The average Bonchev–Trinajstić information content (AvgIpc) is 2.22. The van der Waals surface area contributed by atoms with E-state index in [2.05, 4.69) is 0 Å². The Bertz CT molecular complexity index is 410. The van der Waals surface area contributed by atoms with Gasteiger partial charge in [0.05, 0.1) is 15.6 Å². The van der Waals surface area contributed by atoms with Crippen LogP contribution < -0.4 is 5.73 Å². The van der Waals surface area contributed by atoms with Crippen molar-refractivity contribution in [2.75, 3.05) is 0 Å². The number of hydrogen-bond acceptors (Lipinski definition) is 2. The molecule has 0 amide bonds. The molecule has 0 radical (unpaired) electrons. The molecule has 1 fully saturated rings. The first kappa shape index (κ1) is 13.2. The van der Waals surface area contributed by atoms with E-state index in [4.69, 9.17) is 28.9 Å². The lowest BCUT2D eigenvalue weighted by molar-refractivity contribution is -0.00190. The van der Waals surface area contributed by atoms with Crippen LogP contribution in [0.1, 0.15) is 31.2 Å². The molecule has 2 atom stereocenters. The summed E-state index contributed by atoms with van der Waals surface area (Å²) in [6.07, 6.45) is 4.05. The maximum atomic E-state index is 10.5. The van der Waals surface area contributed by atoms with Crippen molar-refractivity contribution >= 4 is 23.2 Å². The van der Waals surface area contributed by atoms with Crippen LogP contribution in [0.2, 0.25) is 10.0 Å². The van der Waals surface area contributed by atoms with Gasteiger partial charge in [0.25, 0.3) is 0 Å². The second-order valence-corrected chi connectivity index (χ2v) is 5.82. The van der Waals surface area contributed by atoms with Gasteiger partial charge in [-0.25, -0.2) is 0 Å². The van der Waals surface area contributed by atoms with Gasteiger partial charge in [-0.2, -0.15) is 0 Å². The topological polar surface area (TPSA) is 46.2 Å². The lowest BCUT2D eigenvalue weighted by Crippen LogP contribution is -2.42. The van der Waals surface area contributed by atoms with Crippen LogP contribution in [0.15, 0.2) is 18.2 Å². The molecule has 1 aromatic carbocycles. The van der Waals surface area contributed by atoms with Crippen molar-refractivity contribution in [1.29, 1.82) is 0 Å². The number of benzene rings is 1. The minimum Gasteiger partial charge on any atom is -0.389 e. The molecular weight excluding hydrogens is 257 g/mol. The van der Waals surface area contributed by atoms with Gasteiger partial charge in [-0.05, 0) is 43.4 Å². The monoisotopic (exact) mass is 273 g/mol. The van der Waals surface area contributed by atoms with Crippen LogP contribution in [-0.4, -0.2) is 16.7 Å².